The zero-order chi connectivity index (χ0) is 21.3. The highest BCUT2D eigenvalue weighted by molar-refractivity contribution is 9.10. The number of hydrogen-bond donors (Lipinski definition) is 1. The molecule has 1 heterocycles. The van der Waals surface area contributed by atoms with E-state index in [0.717, 1.165) is 42.3 Å². The van der Waals surface area contributed by atoms with E-state index in [-0.39, 0.29) is 11.8 Å². The smallest absolute Gasteiger partial charge is 0.253 e. The molecule has 3 rings (SSSR count). The van der Waals surface area contributed by atoms with Crippen LogP contribution in [0.5, 0.6) is 0 Å². The van der Waals surface area contributed by atoms with Crippen LogP contribution in [0, 0.1) is 5.92 Å². The molecule has 0 spiro atoms. The number of halogens is 1. The lowest BCUT2D eigenvalue weighted by atomic mass is 9.89. The lowest BCUT2D eigenvalue weighted by Crippen LogP contribution is -2.55. The number of thioether (sulfide) groups is 1. The van der Waals surface area contributed by atoms with Crippen molar-refractivity contribution in [1.29, 1.82) is 0 Å². The lowest BCUT2D eigenvalue weighted by Gasteiger charge is -2.38. The molecular weight excluding hydrogens is 462 g/mol. The molecule has 1 N–H and O–H groups in total. The molecule has 166 valence electrons. The van der Waals surface area contributed by atoms with Crippen LogP contribution in [-0.4, -0.2) is 72.4 Å². The van der Waals surface area contributed by atoms with Crippen LogP contribution in [0.2, 0.25) is 0 Å². The molecule has 2 amide bonds. The summed E-state index contributed by atoms with van der Waals surface area (Å²) in [7, 11) is 0. The number of rotatable bonds is 8. The van der Waals surface area contributed by atoms with Crippen LogP contribution in [0.15, 0.2) is 28.7 Å². The molecule has 2 fully saturated rings. The first kappa shape index (κ1) is 23.6. The second kappa shape index (κ2) is 12.1. The molecule has 0 aromatic heterocycles. The SMILES string of the molecule is CSCCC(NC(=O)c1ccccc1Br)C(=O)N1CCN(CC2CCCCC2)CC1. The van der Waals surface area contributed by atoms with Crippen LogP contribution in [-0.2, 0) is 4.79 Å². The van der Waals surface area contributed by atoms with Gasteiger partial charge in [-0.05, 0) is 65.3 Å². The van der Waals surface area contributed by atoms with E-state index in [1.54, 1.807) is 17.8 Å². The van der Waals surface area contributed by atoms with Crippen LogP contribution in [0.3, 0.4) is 0 Å². The molecule has 1 aliphatic heterocycles. The molecule has 30 heavy (non-hydrogen) atoms. The molecule has 5 nitrogen and oxygen atoms in total. The zero-order valence-electron chi connectivity index (χ0n) is 17.9. The lowest BCUT2D eigenvalue weighted by molar-refractivity contribution is -0.135. The number of amides is 2. The van der Waals surface area contributed by atoms with E-state index in [1.807, 2.05) is 29.4 Å². The number of carbonyl (C=O) groups is 2. The molecule has 1 aromatic carbocycles. The van der Waals surface area contributed by atoms with Gasteiger partial charge in [0.2, 0.25) is 5.91 Å². The summed E-state index contributed by atoms with van der Waals surface area (Å²) in [5.41, 5.74) is 0.566. The van der Waals surface area contributed by atoms with E-state index >= 15 is 0 Å². The van der Waals surface area contributed by atoms with E-state index < -0.39 is 6.04 Å². The first-order chi connectivity index (χ1) is 14.6. The molecular formula is C23H34BrN3O2S. The largest absolute Gasteiger partial charge is 0.340 e. The van der Waals surface area contributed by atoms with Crippen molar-refractivity contribution in [2.75, 3.05) is 44.7 Å². The monoisotopic (exact) mass is 495 g/mol. The van der Waals surface area contributed by atoms with Crippen molar-refractivity contribution in [3.8, 4) is 0 Å². The van der Waals surface area contributed by atoms with Gasteiger partial charge in [0.1, 0.15) is 6.04 Å². The molecule has 1 saturated carbocycles. The highest BCUT2D eigenvalue weighted by Crippen LogP contribution is 2.25. The molecule has 1 aromatic rings. The molecule has 0 radical (unpaired) electrons. The van der Waals surface area contributed by atoms with Gasteiger partial charge in [0.25, 0.3) is 5.91 Å². The number of hydrogen-bond acceptors (Lipinski definition) is 4. The van der Waals surface area contributed by atoms with Crippen molar-refractivity contribution in [3.05, 3.63) is 34.3 Å². The third kappa shape index (κ3) is 6.72. The molecule has 1 aliphatic carbocycles. The van der Waals surface area contributed by atoms with Crippen molar-refractivity contribution in [3.63, 3.8) is 0 Å². The third-order valence-corrected chi connectivity index (χ3v) is 7.59. The maximum Gasteiger partial charge on any atom is 0.253 e. The number of nitrogens with one attached hydrogen (secondary N) is 1. The summed E-state index contributed by atoms with van der Waals surface area (Å²) >= 11 is 5.13. The predicted octanol–water partition coefficient (Wildman–Crippen LogP) is 4.03. The van der Waals surface area contributed by atoms with E-state index in [2.05, 4.69) is 26.1 Å². The number of carbonyl (C=O) groups excluding carboxylic acids is 2. The van der Waals surface area contributed by atoms with Crippen molar-refractivity contribution in [1.82, 2.24) is 15.1 Å². The average Bonchev–Trinajstić information content (AvgIpc) is 2.77. The second-order valence-corrected chi connectivity index (χ2v) is 10.3. The van der Waals surface area contributed by atoms with E-state index in [4.69, 9.17) is 0 Å². The number of piperazine rings is 1. The van der Waals surface area contributed by atoms with Crippen LogP contribution in [0.25, 0.3) is 0 Å². The summed E-state index contributed by atoms with van der Waals surface area (Å²) in [5, 5.41) is 3.00. The Hall–Kier alpha value is -1.05. The Labute approximate surface area is 193 Å². The predicted molar refractivity (Wildman–Crippen MR) is 128 cm³/mol. The fourth-order valence-electron chi connectivity index (χ4n) is 4.48. The minimum absolute atomic E-state index is 0.0572. The van der Waals surface area contributed by atoms with Gasteiger partial charge in [-0.1, -0.05) is 31.4 Å². The highest BCUT2D eigenvalue weighted by Gasteiger charge is 2.29. The van der Waals surface area contributed by atoms with E-state index in [0.29, 0.717) is 12.0 Å². The quantitative estimate of drug-likeness (QED) is 0.591. The minimum Gasteiger partial charge on any atom is -0.340 e. The Morgan fingerprint density at radius 3 is 2.50 bits per heavy atom. The van der Waals surface area contributed by atoms with Crippen molar-refractivity contribution >= 4 is 39.5 Å². The average molecular weight is 497 g/mol. The molecule has 1 atom stereocenters. The van der Waals surface area contributed by atoms with Crippen molar-refractivity contribution < 1.29 is 9.59 Å². The zero-order valence-corrected chi connectivity index (χ0v) is 20.3. The first-order valence-electron chi connectivity index (χ1n) is 11.1. The van der Waals surface area contributed by atoms with Gasteiger partial charge < -0.3 is 10.2 Å². The van der Waals surface area contributed by atoms with Gasteiger partial charge in [0.05, 0.1) is 5.56 Å². The number of nitrogens with zero attached hydrogens (tertiary/aromatic N) is 2. The maximum absolute atomic E-state index is 13.2. The molecule has 1 unspecified atom stereocenters. The Bertz CT molecular complexity index is 703. The number of benzene rings is 1. The van der Waals surface area contributed by atoms with Gasteiger partial charge in [-0.15, -0.1) is 0 Å². The highest BCUT2D eigenvalue weighted by atomic mass is 79.9. The standard InChI is InChI=1S/C23H34BrN3O2S/c1-30-16-11-21(25-22(28)19-9-5-6-10-20(19)24)23(29)27-14-12-26(13-15-27)17-18-7-3-2-4-8-18/h5-6,9-10,18,21H,2-4,7-8,11-17H2,1H3,(H,25,28). The fourth-order valence-corrected chi connectivity index (χ4v) is 5.42. The second-order valence-electron chi connectivity index (χ2n) is 8.42. The van der Waals surface area contributed by atoms with Gasteiger partial charge in [0, 0.05) is 37.2 Å². The summed E-state index contributed by atoms with van der Waals surface area (Å²) in [5.74, 6) is 1.53. The fraction of sp³-hybridized carbons (Fsp3) is 0.652. The first-order valence-corrected chi connectivity index (χ1v) is 13.3. The normalized spacial score (nSPS) is 19.5. The Morgan fingerprint density at radius 1 is 1.13 bits per heavy atom. The van der Waals surface area contributed by atoms with Crippen LogP contribution >= 0.6 is 27.7 Å². The molecule has 7 heteroatoms. The van der Waals surface area contributed by atoms with Crippen molar-refractivity contribution in [2.24, 2.45) is 5.92 Å². The Kier molecular flexibility index (Phi) is 9.53. The van der Waals surface area contributed by atoms with Gasteiger partial charge >= 0.3 is 0 Å². The van der Waals surface area contributed by atoms with Crippen molar-refractivity contribution in [2.45, 2.75) is 44.6 Å². The summed E-state index contributed by atoms with van der Waals surface area (Å²) < 4.78 is 0.745. The summed E-state index contributed by atoms with van der Waals surface area (Å²) in [6.07, 6.45) is 9.53. The van der Waals surface area contributed by atoms with Gasteiger partial charge in [0.15, 0.2) is 0 Å². The van der Waals surface area contributed by atoms with E-state index in [1.165, 1.54) is 38.6 Å². The van der Waals surface area contributed by atoms with Gasteiger partial charge in [-0.3, -0.25) is 14.5 Å². The maximum atomic E-state index is 13.2. The Balaban J connectivity index is 1.54. The summed E-state index contributed by atoms with van der Waals surface area (Å²) in [6, 6.07) is 6.87. The van der Waals surface area contributed by atoms with Gasteiger partial charge in [-0.2, -0.15) is 11.8 Å². The third-order valence-electron chi connectivity index (χ3n) is 6.26. The summed E-state index contributed by atoms with van der Waals surface area (Å²) in [6.45, 7) is 4.57. The minimum atomic E-state index is -0.470. The van der Waals surface area contributed by atoms with E-state index in [9.17, 15) is 9.59 Å². The Morgan fingerprint density at radius 2 is 1.83 bits per heavy atom. The molecule has 1 saturated heterocycles. The van der Waals surface area contributed by atoms with Crippen LogP contribution in [0.4, 0.5) is 0 Å². The molecule has 2 aliphatic rings. The van der Waals surface area contributed by atoms with Crippen LogP contribution < -0.4 is 5.32 Å². The van der Waals surface area contributed by atoms with Crippen LogP contribution in [0.1, 0.15) is 48.9 Å². The topological polar surface area (TPSA) is 52.7 Å². The summed E-state index contributed by atoms with van der Waals surface area (Å²) in [4.78, 5) is 30.5. The van der Waals surface area contributed by atoms with Gasteiger partial charge in [-0.25, -0.2) is 0 Å². The molecule has 0 bridgehead atoms.